The van der Waals surface area contributed by atoms with Gasteiger partial charge in [-0.05, 0) is 37.1 Å². The van der Waals surface area contributed by atoms with E-state index < -0.39 is 0 Å². The average Bonchev–Trinajstić information content (AvgIpc) is 2.01. The summed E-state index contributed by atoms with van der Waals surface area (Å²) >= 11 is 0. The van der Waals surface area contributed by atoms with Gasteiger partial charge in [0, 0.05) is 25.8 Å². The van der Waals surface area contributed by atoms with Crippen LogP contribution in [0.4, 0.5) is 10.1 Å². The van der Waals surface area contributed by atoms with Crippen LogP contribution in [-0.2, 0) is 6.42 Å². The van der Waals surface area contributed by atoms with Crippen molar-refractivity contribution in [1.29, 1.82) is 0 Å². The van der Waals surface area contributed by atoms with Crippen molar-refractivity contribution in [2.24, 2.45) is 5.73 Å². The maximum Gasteiger partial charge on any atom is 0.123 e. The van der Waals surface area contributed by atoms with Crippen molar-refractivity contribution in [3.63, 3.8) is 0 Å². The summed E-state index contributed by atoms with van der Waals surface area (Å²) in [6, 6.07) is 4.86. The van der Waals surface area contributed by atoms with Crippen LogP contribution in [0.2, 0.25) is 0 Å². The summed E-state index contributed by atoms with van der Waals surface area (Å²) < 4.78 is 13.0. The molecule has 78 valence electrons. The molecule has 3 heteroatoms. The molecule has 0 radical (unpaired) electrons. The number of benzene rings is 1. The molecule has 1 aromatic rings. The molecule has 0 heterocycles. The Balaban J connectivity index is 3.03. The highest BCUT2D eigenvalue weighted by Gasteiger charge is 2.07. The van der Waals surface area contributed by atoms with Crippen LogP contribution in [0.15, 0.2) is 18.2 Å². The lowest BCUT2D eigenvalue weighted by atomic mass is 10.0. The van der Waals surface area contributed by atoms with Gasteiger partial charge >= 0.3 is 0 Å². The summed E-state index contributed by atoms with van der Waals surface area (Å²) in [5.74, 6) is -0.203. The van der Waals surface area contributed by atoms with Crippen LogP contribution in [0.5, 0.6) is 0 Å². The first-order chi connectivity index (χ1) is 6.50. The summed E-state index contributed by atoms with van der Waals surface area (Å²) in [6.07, 6.45) is 0.700. The van der Waals surface area contributed by atoms with Crippen molar-refractivity contribution < 1.29 is 4.39 Å². The molecule has 0 bridgehead atoms. The summed E-state index contributed by atoms with van der Waals surface area (Å²) in [7, 11) is 3.88. The van der Waals surface area contributed by atoms with Crippen LogP contribution < -0.4 is 10.6 Å². The molecule has 0 saturated heterocycles. The minimum Gasteiger partial charge on any atom is -0.377 e. The lowest BCUT2D eigenvalue weighted by molar-refractivity contribution is 0.622. The highest BCUT2D eigenvalue weighted by Crippen LogP contribution is 2.20. The number of anilines is 1. The number of nitrogens with two attached hydrogens (primary N) is 1. The summed E-state index contributed by atoms with van der Waals surface area (Å²) in [5, 5.41) is 0. The molecule has 2 nitrogen and oxygen atoms in total. The smallest absolute Gasteiger partial charge is 0.123 e. The number of rotatable bonds is 3. The van der Waals surface area contributed by atoms with Crippen molar-refractivity contribution in [2.45, 2.75) is 19.4 Å². The van der Waals surface area contributed by atoms with Gasteiger partial charge in [-0.15, -0.1) is 0 Å². The van der Waals surface area contributed by atoms with Crippen LogP contribution >= 0.6 is 0 Å². The zero-order chi connectivity index (χ0) is 10.7. The van der Waals surface area contributed by atoms with Gasteiger partial charge in [0.05, 0.1) is 0 Å². The van der Waals surface area contributed by atoms with Gasteiger partial charge in [-0.3, -0.25) is 0 Å². The minimum atomic E-state index is -0.203. The summed E-state index contributed by atoms with van der Waals surface area (Å²) in [4.78, 5) is 1.97. The highest BCUT2D eigenvalue weighted by molar-refractivity contribution is 5.52. The van der Waals surface area contributed by atoms with E-state index in [0.717, 1.165) is 11.3 Å². The summed E-state index contributed by atoms with van der Waals surface area (Å²) in [5.41, 5.74) is 7.70. The Bertz CT molecular complexity index is 308. The SMILES string of the molecule is C[C@H](N)Cc1cc(F)ccc1N(C)C. The maximum atomic E-state index is 13.0. The molecule has 0 aromatic heterocycles. The molecular weight excluding hydrogens is 179 g/mol. The monoisotopic (exact) mass is 196 g/mol. The van der Waals surface area contributed by atoms with Crippen LogP contribution in [0.3, 0.4) is 0 Å². The molecule has 0 aliphatic carbocycles. The zero-order valence-corrected chi connectivity index (χ0v) is 8.92. The van der Waals surface area contributed by atoms with Crippen molar-refractivity contribution >= 4 is 5.69 Å². The molecule has 0 aliphatic heterocycles. The molecule has 14 heavy (non-hydrogen) atoms. The van der Waals surface area contributed by atoms with Gasteiger partial charge < -0.3 is 10.6 Å². The first-order valence-electron chi connectivity index (χ1n) is 4.72. The predicted octanol–water partition coefficient (Wildman–Crippen LogP) is 1.78. The van der Waals surface area contributed by atoms with Gasteiger partial charge in [-0.2, -0.15) is 0 Å². The fraction of sp³-hybridized carbons (Fsp3) is 0.455. The molecule has 0 saturated carbocycles. The molecule has 0 spiro atoms. The second-order valence-electron chi connectivity index (χ2n) is 3.85. The van der Waals surface area contributed by atoms with Crippen molar-refractivity contribution in [1.82, 2.24) is 0 Å². The lowest BCUT2D eigenvalue weighted by Crippen LogP contribution is -2.20. The van der Waals surface area contributed by atoms with Crippen LogP contribution in [-0.4, -0.2) is 20.1 Å². The Labute approximate surface area is 84.5 Å². The fourth-order valence-electron chi connectivity index (χ4n) is 1.50. The van der Waals surface area contributed by atoms with Crippen LogP contribution in [0.25, 0.3) is 0 Å². The molecule has 1 aromatic carbocycles. The molecule has 0 fully saturated rings. The van der Waals surface area contributed by atoms with Gasteiger partial charge in [0.25, 0.3) is 0 Å². The largest absolute Gasteiger partial charge is 0.377 e. The Kier molecular flexibility index (Phi) is 3.47. The Morgan fingerprint density at radius 2 is 2.07 bits per heavy atom. The number of hydrogen-bond donors (Lipinski definition) is 1. The Hall–Kier alpha value is -1.09. The maximum absolute atomic E-state index is 13.0. The van der Waals surface area contributed by atoms with E-state index >= 15 is 0 Å². The van der Waals surface area contributed by atoms with E-state index in [2.05, 4.69) is 0 Å². The molecule has 0 amide bonds. The summed E-state index contributed by atoms with van der Waals surface area (Å²) in [6.45, 7) is 1.92. The lowest BCUT2D eigenvalue weighted by Gasteiger charge is -2.18. The zero-order valence-electron chi connectivity index (χ0n) is 8.92. The first kappa shape index (κ1) is 11.0. The van der Waals surface area contributed by atoms with E-state index in [1.807, 2.05) is 25.9 Å². The van der Waals surface area contributed by atoms with E-state index in [1.165, 1.54) is 6.07 Å². The molecule has 2 N–H and O–H groups in total. The highest BCUT2D eigenvalue weighted by atomic mass is 19.1. The topological polar surface area (TPSA) is 29.3 Å². The second kappa shape index (κ2) is 4.42. The number of hydrogen-bond acceptors (Lipinski definition) is 2. The Morgan fingerprint density at radius 3 is 2.57 bits per heavy atom. The van der Waals surface area contributed by atoms with Gasteiger partial charge in [0.15, 0.2) is 0 Å². The average molecular weight is 196 g/mol. The van der Waals surface area contributed by atoms with Gasteiger partial charge in [-0.25, -0.2) is 4.39 Å². The van der Waals surface area contributed by atoms with Gasteiger partial charge in [0.2, 0.25) is 0 Å². The quantitative estimate of drug-likeness (QED) is 0.798. The first-order valence-corrected chi connectivity index (χ1v) is 4.72. The van der Waals surface area contributed by atoms with Crippen molar-refractivity contribution in [3.05, 3.63) is 29.6 Å². The van der Waals surface area contributed by atoms with E-state index in [1.54, 1.807) is 12.1 Å². The number of halogens is 1. The van der Waals surface area contributed by atoms with E-state index in [9.17, 15) is 4.39 Å². The molecule has 1 atom stereocenters. The van der Waals surface area contributed by atoms with E-state index in [0.29, 0.717) is 6.42 Å². The molecular formula is C11H17FN2. The molecule has 0 aliphatic rings. The Morgan fingerprint density at radius 1 is 1.43 bits per heavy atom. The van der Waals surface area contributed by atoms with Crippen LogP contribution in [0.1, 0.15) is 12.5 Å². The van der Waals surface area contributed by atoms with Gasteiger partial charge in [-0.1, -0.05) is 0 Å². The van der Waals surface area contributed by atoms with Crippen molar-refractivity contribution in [2.75, 3.05) is 19.0 Å². The number of nitrogens with zero attached hydrogens (tertiary/aromatic N) is 1. The third-order valence-electron chi connectivity index (χ3n) is 2.07. The van der Waals surface area contributed by atoms with Crippen molar-refractivity contribution in [3.8, 4) is 0 Å². The normalized spacial score (nSPS) is 12.6. The van der Waals surface area contributed by atoms with Gasteiger partial charge in [0.1, 0.15) is 5.82 Å². The third kappa shape index (κ3) is 2.70. The third-order valence-corrected chi connectivity index (χ3v) is 2.07. The molecule has 0 unspecified atom stereocenters. The van der Waals surface area contributed by atoms with E-state index in [-0.39, 0.29) is 11.9 Å². The molecule has 1 rings (SSSR count). The second-order valence-corrected chi connectivity index (χ2v) is 3.85. The minimum absolute atomic E-state index is 0.0514. The fourth-order valence-corrected chi connectivity index (χ4v) is 1.50. The van der Waals surface area contributed by atoms with E-state index in [4.69, 9.17) is 5.73 Å². The standard InChI is InChI=1S/C11H17FN2/c1-8(13)6-9-7-10(12)4-5-11(9)14(2)3/h4-5,7-8H,6,13H2,1-3H3/t8-/m0/s1. The van der Waals surface area contributed by atoms with Crippen LogP contribution in [0, 0.1) is 5.82 Å². The predicted molar refractivity (Wildman–Crippen MR) is 58.1 cm³/mol.